The lowest BCUT2D eigenvalue weighted by molar-refractivity contribution is -0.132. The summed E-state index contributed by atoms with van der Waals surface area (Å²) in [6.45, 7) is 9.67. The standard InChI is InChI=1S/C29H43N3O6S/c1-18-5-7-19(8-6-18)26(34)32(22-17-21(9-13-29(2,3)4)39-24(22)27(35)36)20-11-15-31(16-12-20)28(37)38-23-10-14-30-25(23)33/h18-21,23,26,34H,5-8,10-12,14-17H2,1-4H3,(H,30,33)(H,35,36). The van der Waals surface area contributed by atoms with Crippen molar-refractivity contribution >= 4 is 29.7 Å². The first-order valence-electron chi connectivity index (χ1n) is 14.3. The molecule has 3 fully saturated rings. The van der Waals surface area contributed by atoms with Gasteiger partial charge in [-0.15, -0.1) is 0 Å². The lowest BCUT2D eigenvalue weighted by Gasteiger charge is -2.45. The van der Waals surface area contributed by atoms with Gasteiger partial charge in [-0.3, -0.25) is 4.79 Å². The number of aliphatic hydroxyl groups excluding tert-OH is 1. The summed E-state index contributed by atoms with van der Waals surface area (Å²) in [5, 5.41) is 24.4. The zero-order valence-electron chi connectivity index (χ0n) is 23.6. The maximum atomic E-state index is 12.7. The van der Waals surface area contributed by atoms with Crippen molar-refractivity contribution in [2.75, 3.05) is 19.6 Å². The van der Waals surface area contributed by atoms with Crippen LogP contribution in [0.15, 0.2) is 10.6 Å². The van der Waals surface area contributed by atoms with Gasteiger partial charge in [-0.25, -0.2) is 9.59 Å². The SMILES string of the molecule is CC1CCC(C(O)N(C2=C(C(=O)O)SC(C#CC(C)(C)C)C2)C2CCN(C(=O)OC3CCNC3=O)CC2)CC1. The number of aliphatic hydroxyl groups is 1. The Bertz CT molecular complexity index is 1030. The molecule has 3 aliphatic heterocycles. The molecule has 10 heteroatoms. The summed E-state index contributed by atoms with van der Waals surface area (Å²) in [7, 11) is 0. The molecule has 216 valence electrons. The fraction of sp³-hybridized carbons (Fsp3) is 0.759. The predicted octanol–water partition coefficient (Wildman–Crippen LogP) is 3.77. The van der Waals surface area contributed by atoms with Gasteiger partial charge >= 0.3 is 12.1 Å². The Hall–Kier alpha value is -2.38. The summed E-state index contributed by atoms with van der Waals surface area (Å²) in [4.78, 5) is 40.8. The molecule has 4 aliphatic rings. The number of likely N-dealkylation sites (tertiary alicyclic amines) is 1. The average molecular weight is 562 g/mol. The van der Waals surface area contributed by atoms with Gasteiger partial charge in [-0.05, 0) is 52.4 Å². The molecule has 1 aliphatic carbocycles. The Balaban J connectivity index is 1.52. The first kappa shape index (κ1) is 29.6. The number of allylic oxidation sites excluding steroid dienone is 1. The quantitative estimate of drug-likeness (QED) is 0.331. The average Bonchev–Trinajstić information content (AvgIpc) is 3.49. The van der Waals surface area contributed by atoms with E-state index in [2.05, 4.69) is 24.1 Å². The van der Waals surface area contributed by atoms with Crippen LogP contribution in [0.3, 0.4) is 0 Å². The predicted molar refractivity (Wildman–Crippen MR) is 149 cm³/mol. The van der Waals surface area contributed by atoms with Crippen molar-refractivity contribution in [3.8, 4) is 11.8 Å². The Morgan fingerprint density at radius 2 is 1.79 bits per heavy atom. The zero-order chi connectivity index (χ0) is 28.3. The minimum atomic E-state index is -0.986. The van der Waals surface area contributed by atoms with Crippen molar-refractivity contribution in [1.29, 1.82) is 0 Å². The summed E-state index contributed by atoms with van der Waals surface area (Å²) in [6, 6.07) is -0.113. The number of carboxylic acid groups (broad SMARTS) is 1. The van der Waals surface area contributed by atoms with Crippen molar-refractivity contribution in [3.05, 3.63) is 10.6 Å². The van der Waals surface area contributed by atoms with Crippen LogP contribution in [0.5, 0.6) is 0 Å². The van der Waals surface area contributed by atoms with Gasteiger partial charge in [-0.1, -0.05) is 43.4 Å². The highest BCUT2D eigenvalue weighted by Crippen LogP contribution is 2.44. The van der Waals surface area contributed by atoms with Gasteiger partial charge < -0.3 is 30.1 Å². The first-order chi connectivity index (χ1) is 18.4. The number of hydrogen-bond acceptors (Lipinski definition) is 7. The normalized spacial score (nSPS) is 28.9. The van der Waals surface area contributed by atoms with E-state index >= 15 is 0 Å². The van der Waals surface area contributed by atoms with Crippen LogP contribution in [0, 0.1) is 29.1 Å². The molecule has 4 rings (SSSR count). The molecular weight excluding hydrogens is 518 g/mol. The second-order valence-corrected chi connectivity index (χ2v) is 13.6. The number of thioether (sulfide) groups is 1. The number of carbonyl (C=O) groups excluding carboxylic acids is 2. The lowest BCUT2D eigenvalue weighted by Crippen LogP contribution is -2.52. The van der Waals surface area contributed by atoms with E-state index in [1.165, 1.54) is 11.8 Å². The van der Waals surface area contributed by atoms with Crippen LogP contribution in [-0.2, 0) is 14.3 Å². The molecule has 9 nitrogen and oxygen atoms in total. The van der Waals surface area contributed by atoms with Gasteiger partial charge in [-0.2, -0.15) is 0 Å². The van der Waals surface area contributed by atoms with Crippen LogP contribution >= 0.6 is 11.8 Å². The number of rotatable bonds is 6. The molecule has 3 heterocycles. The molecule has 39 heavy (non-hydrogen) atoms. The summed E-state index contributed by atoms with van der Waals surface area (Å²) in [5.41, 5.74) is 0.473. The molecular formula is C29H43N3O6S. The minimum absolute atomic E-state index is 0.0670. The third-order valence-electron chi connectivity index (χ3n) is 8.14. The Morgan fingerprint density at radius 1 is 1.13 bits per heavy atom. The molecule has 0 spiro atoms. The van der Waals surface area contributed by atoms with E-state index in [0.29, 0.717) is 56.9 Å². The number of piperidine rings is 1. The molecule has 0 aromatic heterocycles. The van der Waals surface area contributed by atoms with E-state index in [1.807, 2.05) is 25.7 Å². The number of nitrogens with zero attached hydrogens (tertiary/aromatic N) is 2. The second kappa shape index (κ2) is 12.4. The highest BCUT2D eigenvalue weighted by atomic mass is 32.2. The van der Waals surface area contributed by atoms with Gasteiger partial charge in [0.25, 0.3) is 5.91 Å². The van der Waals surface area contributed by atoms with E-state index in [-0.39, 0.29) is 33.4 Å². The molecule has 3 atom stereocenters. The summed E-state index contributed by atoms with van der Waals surface area (Å²) in [6.07, 6.45) is 3.97. The molecule has 2 amide bonds. The lowest BCUT2D eigenvalue weighted by atomic mass is 9.81. The third-order valence-corrected chi connectivity index (χ3v) is 9.35. The molecule has 0 aromatic rings. The number of carboxylic acids is 1. The number of nitrogens with one attached hydrogen (secondary N) is 1. The summed E-state index contributed by atoms with van der Waals surface area (Å²) >= 11 is 1.28. The topological polar surface area (TPSA) is 119 Å². The van der Waals surface area contributed by atoms with Crippen molar-refractivity contribution in [2.24, 2.45) is 17.3 Å². The van der Waals surface area contributed by atoms with Crippen LogP contribution in [0.2, 0.25) is 0 Å². The molecule has 1 saturated carbocycles. The van der Waals surface area contributed by atoms with Crippen LogP contribution in [0.1, 0.15) is 79.1 Å². The number of amides is 2. The largest absolute Gasteiger partial charge is 0.477 e. The smallest absolute Gasteiger partial charge is 0.410 e. The maximum absolute atomic E-state index is 12.7. The van der Waals surface area contributed by atoms with Gasteiger partial charge in [0.15, 0.2) is 6.10 Å². The van der Waals surface area contributed by atoms with Crippen LogP contribution in [0.4, 0.5) is 4.79 Å². The monoisotopic (exact) mass is 561 g/mol. The van der Waals surface area contributed by atoms with Crippen molar-refractivity contribution in [2.45, 2.75) is 103 Å². The molecule has 0 radical (unpaired) electrons. The molecule has 0 aromatic carbocycles. The van der Waals surface area contributed by atoms with Gasteiger partial charge in [0.2, 0.25) is 0 Å². The first-order valence-corrected chi connectivity index (χ1v) is 15.2. The summed E-state index contributed by atoms with van der Waals surface area (Å²) in [5.74, 6) is 5.98. The Kier molecular flexibility index (Phi) is 9.43. The fourth-order valence-corrected chi connectivity index (χ4v) is 6.98. The maximum Gasteiger partial charge on any atom is 0.410 e. The van der Waals surface area contributed by atoms with Crippen molar-refractivity contribution in [3.63, 3.8) is 0 Å². The van der Waals surface area contributed by atoms with E-state index in [1.54, 1.807) is 4.90 Å². The van der Waals surface area contributed by atoms with Gasteiger partial charge in [0.1, 0.15) is 11.1 Å². The van der Waals surface area contributed by atoms with E-state index in [4.69, 9.17) is 4.74 Å². The number of carbonyl (C=O) groups is 3. The van der Waals surface area contributed by atoms with Crippen molar-refractivity contribution < 1.29 is 29.3 Å². The van der Waals surface area contributed by atoms with Crippen LogP contribution < -0.4 is 5.32 Å². The second-order valence-electron chi connectivity index (χ2n) is 12.4. The highest BCUT2D eigenvalue weighted by molar-refractivity contribution is 8.05. The number of hydrogen-bond donors (Lipinski definition) is 3. The van der Waals surface area contributed by atoms with Gasteiger partial charge in [0, 0.05) is 55.5 Å². The third kappa shape index (κ3) is 7.43. The summed E-state index contributed by atoms with van der Waals surface area (Å²) < 4.78 is 5.43. The molecule has 0 bridgehead atoms. The molecule has 2 saturated heterocycles. The van der Waals surface area contributed by atoms with Gasteiger partial charge in [0.05, 0.1) is 5.25 Å². The van der Waals surface area contributed by atoms with Crippen LogP contribution in [-0.4, -0.2) is 81.2 Å². The van der Waals surface area contributed by atoms with Crippen molar-refractivity contribution in [1.82, 2.24) is 15.1 Å². The van der Waals surface area contributed by atoms with E-state index in [9.17, 15) is 24.6 Å². The molecule has 3 N–H and O–H groups in total. The van der Waals surface area contributed by atoms with E-state index < -0.39 is 24.4 Å². The Morgan fingerprint density at radius 3 is 2.36 bits per heavy atom. The fourth-order valence-electron chi connectivity index (χ4n) is 5.91. The Labute approximate surface area is 236 Å². The zero-order valence-corrected chi connectivity index (χ0v) is 24.4. The van der Waals surface area contributed by atoms with Crippen LogP contribution in [0.25, 0.3) is 0 Å². The minimum Gasteiger partial charge on any atom is -0.477 e. The number of aliphatic carboxylic acids is 1. The highest BCUT2D eigenvalue weighted by Gasteiger charge is 2.41. The van der Waals surface area contributed by atoms with E-state index in [0.717, 1.165) is 25.7 Å². The number of ether oxygens (including phenoxy) is 1. The molecule has 3 unspecified atom stereocenters.